The Morgan fingerprint density at radius 2 is 1.85 bits per heavy atom. The zero-order valence-electron chi connectivity index (χ0n) is 16.0. The standard InChI is InChI=1S/C20H26FN5O/c1-13-4-5-14(12-17(13)21)19(27)23-15-6-8-16(9-7-15)24-20-22-11-10-18(25-20)26(2)3/h4-5,10-12,15-16H,6-9H2,1-3H3,(H,23,27)(H,22,24,25). The van der Waals surface area contributed by atoms with Crippen molar-refractivity contribution in [3.8, 4) is 0 Å². The highest BCUT2D eigenvalue weighted by atomic mass is 19.1. The summed E-state index contributed by atoms with van der Waals surface area (Å²) in [6.45, 7) is 1.68. The summed E-state index contributed by atoms with van der Waals surface area (Å²) in [5, 5.41) is 6.40. The van der Waals surface area contributed by atoms with E-state index in [0.29, 0.717) is 17.1 Å². The van der Waals surface area contributed by atoms with Crippen molar-refractivity contribution < 1.29 is 9.18 Å². The van der Waals surface area contributed by atoms with Gasteiger partial charge in [0.25, 0.3) is 5.91 Å². The van der Waals surface area contributed by atoms with Crippen LogP contribution in [0.15, 0.2) is 30.5 Å². The van der Waals surface area contributed by atoms with E-state index in [0.717, 1.165) is 31.5 Å². The average Bonchev–Trinajstić information content (AvgIpc) is 2.65. The zero-order chi connectivity index (χ0) is 19.4. The summed E-state index contributed by atoms with van der Waals surface area (Å²) in [6, 6.07) is 6.85. The van der Waals surface area contributed by atoms with E-state index in [-0.39, 0.29) is 23.8 Å². The number of carbonyl (C=O) groups excluding carboxylic acids is 1. The van der Waals surface area contributed by atoms with Crippen LogP contribution in [0.2, 0.25) is 0 Å². The molecule has 27 heavy (non-hydrogen) atoms. The lowest BCUT2D eigenvalue weighted by Gasteiger charge is -2.29. The Bertz CT molecular complexity index is 803. The Kier molecular flexibility index (Phi) is 5.88. The van der Waals surface area contributed by atoms with Crippen molar-refractivity contribution in [1.82, 2.24) is 15.3 Å². The molecule has 2 aromatic rings. The van der Waals surface area contributed by atoms with Gasteiger partial charge in [-0.15, -0.1) is 0 Å². The van der Waals surface area contributed by atoms with Gasteiger partial charge >= 0.3 is 0 Å². The molecule has 1 aliphatic carbocycles. The van der Waals surface area contributed by atoms with Gasteiger partial charge in [-0.3, -0.25) is 4.79 Å². The molecule has 0 unspecified atom stereocenters. The molecule has 2 N–H and O–H groups in total. The van der Waals surface area contributed by atoms with Crippen molar-refractivity contribution >= 4 is 17.7 Å². The molecule has 0 radical (unpaired) electrons. The van der Waals surface area contributed by atoms with E-state index in [4.69, 9.17) is 0 Å². The molecule has 1 amide bonds. The molecular formula is C20H26FN5O. The number of hydrogen-bond donors (Lipinski definition) is 2. The molecule has 7 heteroatoms. The molecule has 1 heterocycles. The lowest BCUT2D eigenvalue weighted by atomic mass is 9.91. The molecule has 0 bridgehead atoms. The minimum atomic E-state index is -0.351. The van der Waals surface area contributed by atoms with Gasteiger partial charge in [0.1, 0.15) is 11.6 Å². The Morgan fingerprint density at radius 3 is 2.52 bits per heavy atom. The van der Waals surface area contributed by atoms with Crippen LogP contribution in [0.3, 0.4) is 0 Å². The van der Waals surface area contributed by atoms with Gasteiger partial charge in [-0.25, -0.2) is 9.37 Å². The molecule has 1 fully saturated rings. The van der Waals surface area contributed by atoms with Crippen molar-refractivity contribution in [1.29, 1.82) is 0 Å². The Morgan fingerprint density at radius 1 is 1.15 bits per heavy atom. The predicted octanol–water partition coefficient (Wildman–Crippen LogP) is 3.14. The van der Waals surface area contributed by atoms with Crippen molar-refractivity contribution in [3.05, 3.63) is 47.4 Å². The molecule has 0 spiro atoms. The van der Waals surface area contributed by atoms with E-state index >= 15 is 0 Å². The van der Waals surface area contributed by atoms with Crippen LogP contribution in [0.25, 0.3) is 0 Å². The number of halogens is 1. The molecule has 0 saturated heterocycles. The third kappa shape index (κ3) is 4.93. The first-order valence-electron chi connectivity index (χ1n) is 9.26. The van der Waals surface area contributed by atoms with Gasteiger partial charge in [-0.2, -0.15) is 4.98 Å². The number of hydrogen-bond acceptors (Lipinski definition) is 5. The Balaban J connectivity index is 1.50. The normalized spacial score (nSPS) is 19.4. The highest BCUT2D eigenvalue weighted by Gasteiger charge is 2.23. The summed E-state index contributed by atoms with van der Waals surface area (Å²) in [5.74, 6) is 0.922. The third-order valence-electron chi connectivity index (χ3n) is 4.93. The van der Waals surface area contributed by atoms with E-state index in [1.54, 1.807) is 25.3 Å². The molecule has 1 saturated carbocycles. The quantitative estimate of drug-likeness (QED) is 0.845. The van der Waals surface area contributed by atoms with Crippen molar-refractivity contribution in [2.24, 2.45) is 0 Å². The van der Waals surface area contributed by atoms with Crippen molar-refractivity contribution in [2.45, 2.75) is 44.7 Å². The largest absolute Gasteiger partial charge is 0.363 e. The molecule has 0 aliphatic heterocycles. The summed E-state index contributed by atoms with van der Waals surface area (Å²) >= 11 is 0. The van der Waals surface area contributed by atoms with Gasteiger partial charge in [0.05, 0.1) is 0 Å². The fourth-order valence-electron chi connectivity index (χ4n) is 3.24. The summed E-state index contributed by atoms with van der Waals surface area (Å²) in [4.78, 5) is 23.0. The number of amides is 1. The van der Waals surface area contributed by atoms with E-state index in [1.807, 2.05) is 25.1 Å². The Hall–Kier alpha value is -2.70. The number of carbonyl (C=O) groups is 1. The second-order valence-electron chi connectivity index (χ2n) is 7.26. The number of rotatable bonds is 5. The smallest absolute Gasteiger partial charge is 0.251 e. The lowest BCUT2D eigenvalue weighted by Crippen LogP contribution is -2.40. The van der Waals surface area contributed by atoms with Crippen molar-refractivity contribution in [2.75, 3.05) is 24.3 Å². The van der Waals surface area contributed by atoms with E-state index < -0.39 is 0 Å². The van der Waals surface area contributed by atoms with Gasteiger partial charge in [0.2, 0.25) is 5.95 Å². The topological polar surface area (TPSA) is 70.2 Å². The summed E-state index contributed by atoms with van der Waals surface area (Å²) in [7, 11) is 3.89. The van der Waals surface area contributed by atoms with E-state index in [2.05, 4.69) is 20.6 Å². The highest BCUT2D eigenvalue weighted by Crippen LogP contribution is 2.22. The second-order valence-corrected chi connectivity index (χ2v) is 7.26. The maximum absolute atomic E-state index is 13.7. The monoisotopic (exact) mass is 371 g/mol. The van der Waals surface area contributed by atoms with Gasteiger partial charge in [-0.1, -0.05) is 6.07 Å². The molecule has 6 nitrogen and oxygen atoms in total. The molecule has 1 aromatic carbocycles. The van der Waals surface area contributed by atoms with Crippen LogP contribution in [0.1, 0.15) is 41.6 Å². The number of nitrogens with zero attached hydrogens (tertiary/aromatic N) is 3. The molecule has 3 rings (SSSR count). The lowest BCUT2D eigenvalue weighted by molar-refractivity contribution is 0.0926. The van der Waals surface area contributed by atoms with Gasteiger partial charge in [0.15, 0.2) is 0 Å². The predicted molar refractivity (Wildman–Crippen MR) is 105 cm³/mol. The van der Waals surface area contributed by atoms with Gasteiger partial charge in [-0.05, 0) is 56.4 Å². The van der Waals surface area contributed by atoms with Gasteiger partial charge < -0.3 is 15.5 Å². The van der Waals surface area contributed by atoms with Crippen LogP contribution in [0.4, 0.5) is 16.2 Å². The van der Waals surface area contributed by atoms with E-state index in [9.17, 15) is 9.18 Å². The first kappa shape index (κ1) is 19.1. The number of nitrogens with one attached hydrogen (secondary N) is 2. The van der Waals surface area contributed by atoms with Crippen LogP contribution < -0.4 is 15.5 Å². The van der Waals surface area contributed by atoms with Gasteiger partial charge in [0, 0.05) is 37.9 Å². The molecular weight excluding hydrogens is 345 g/mol. The SMILES string of the molecule is Cc1ccc(C(=O)NC2CCC(Nc3nccc(N(C)C)n3)CC2)cc1F. The minimum absolute atomic E-state index is 0.106. The van der Waals surface area contributed by atoms with Crippen LogP contribution in [-0.2, 0) is 0 Å². The fraction of sp³-hybridized carbons (Fsp3) is 0.450. The van der Waals surface area contributed by atoms with Crippen LogP contribution in [-0.4, -0.2) is 42.1 Å². The summed E-state index contributed by atoms with van der Waals surface area (Å²) in [5.41, 5.74) is 0.908. The molecule has 144 valence electrons. The average molecular weight is 371 g/mol. The van der Waals surface area contributed by atoms with Crippen molar-refractivity contribution in [3.63, 3.8) is 0 Å². The number of benzene rings is 1. The van der Waals surface area contributed by atoms with Crippen LogP contribution >= 0.6 is 0 Å². The third-order valence-corrected chi connectivity index (χ3v) is 4.93. The number of aromatic nitrogens is 2. The maximum atomic E-state index is 13.7. The number of aryl methyl sites for hydroxylation is 1. The van der Waals surface area contributed by atoms with Crippen LogP contribution in [0.5, 0.6) is 0 Å². The fourth-order valence-corrected chi connectivity index (χ4v) is 3.24. The molecule has 1 aliphatic rings. The highest BCUT2D eigenvalue weighted by molar-refractivity contribution is 5.94. The first-order chi connectivity index (χ1) is 12.9. The van der Waals surface area contributed by atoms with Crippen LogP contribution in [0, 0.1) is 12.7 Å². The summed E-state index contributed by atoms with van der Waals surface area (Å²) in [6.07, 6.45) is 5.32. The number of anilines is 2. The molecule has 1 aromatic heterocycles. The summed E-state index contributed by atoms with van der Waals surface area (Å²) < 4.78 is 13.7. The maximum Gasteiger partial charge on any atom is 0.251 e. The molecule has 0 atom stereocenters. The first-order valence-corrected chi connectivity index (χ1v) is 9.26. The Labute approximate surface area is 159 Å². The minimum Gasteiger partial charge on any atom is -0.363 e. The zero-order valence-corrected chi connectivity index (χ0v) is 16.0. The second kappa shape index (κ2) is 8.33. The van der Waals surface area contributed by atoms with E-state index in [1.165, 1.54) is 6.07 Å².